The van der Waals surface area contributed by atoms with Gasteiger partial charge in [-0.2, -0.15) is 5.10 Å². The highest BCUT2D eigenvalue weighted by molar-refractivity contribution is 5.89. The van der Waals surface area contributed by atoms with Gasteiger partial charge in [-0.25, -0.2) is 0 Å². The molecule has 2 heterocycles. The molecule has 144 valence electrons. The number of carbonyl (C=O) groups excluding carboxylic acids is 2. The highest BCUT2D eigenvalue weighted by Gasteiger charge is 2.33. The number of rotatable bonds is 8. The van der Waals surface area contributed by atoms with E-state index in [1.165, 1.54) is 5.56 Å². The Labute approximate surface area is 160 Å². The van der Waals surface area contributed by atoms with Crippen LogP contribution in [0.4, 0.5) is 0 Å². The Morgan fingerprint density at radius 3 is 2.70 bits per heavy atom. The minimum Gasteiger partial charge on any atom is -0.356 e. The number of carbonyl (C=O) groups is 2. The molecule has 2 amide bonds. The van der Waals surface area contributed by atoms with Gasteiger partial charge in [-0.3, -0.25) is 14.3 Å². The molecule has 1 N–H and O–H groups in total. The molecule has 0 saturated carbocycles. The van der Waals surface area contributed by atoms with Crippen LogP contribution in [0.25, 0.3) is 0 Å². The maximum absolute atomic E-state index is 12.4. The molecule has 0 unspecified atom stereocenters. The van der Waals surface area contributed by atoms with Gasteiger partial charge in [-0.15, -0.1) is 0 Å². The first-order valence-electron chi connectivity index (χ1n) is 9.63. The standard InChI is InChI=1S/C21H28N4O2/c1-16-13-17(2)25(23-16)11-6-10-22-21(27)19-14-20(26)24(15-19)12-9-18-7-4-3-5-8-18/h3-5,7-8,13,19H,6,9-12,14-15H2,1-2H3,(H,22,27)/t19-/m0/s1. The zero-order chi connectivity index (χ0) is 19.2. The molecule has 6 nitrogen and oxygen atoms in total. The Morgan fingerprint density at radius 2 is 2.00 bits per heavy atom. The van der Waals surface area contributed by atoms with E-state index in [4.69, 9.17) is 0 Å². The second-order valence-electron chi connectivity index (χ2n) is 7.27. The smallest absolute Gasteiger partial charge is 0.225 e. The Bertz CT molecular complexity index is 785. The summed E-state index contributed by atoms with van der Waals surface area (Å²) in [5.41, 5.74) is 3.35. The van der Waals surface area contributed by atoms with Gasteiger partial charge >= 0.3 is 0 Å². The van der Waals surface area contributed by atoms with Crippen LogP contribution in [-0.4, -0.2) is 46.1 Å². The van der Waals surface area contributed by atoms with Crippen molar-refractivity contribution in [2.75, 3.05) is 19.6 Å². The molecule has 6 heteroatoms. The Hall–Kier alpha value is -2.63. The number of nitrogens with zero attached hydrogens (tertiary/aromatic N) is 3. The van der Waals surface area contributed by atoms with Gasteiger partial charge in [0.1, 0.15) is 0 Å². The summed E-state index contributed by atoms with van der Waals surface area (Å²) in [4.78, 5) is 26.4. The van der Waals surface area contributed by atoms with Crippen LogP contribution < -0.4 is 5.32 Å². The minimum absolute atomic E-state index is 0.0149. The van der Waals surface area contributed by atoms with Gasteiger partial charge in [0.25, 0.3) is 0 Å². The first-order valence-corrected chi connectivity index (χ1v) is 9.63. The van der Waals surface area contributed by atoms with Gasteiger partial charge in [-0.1, -0.05) is 30.3 Å². The third-order valence-corrected chi connectivity index (χ3v) is 5.05. The molecule has 1 aromatic heterocycles. The normalized spacial score (nSPS) is 16.7. The lowest BCUT2D eigenvalue weighted by Crippen LogP contribution is -2.34. The first kappa shape index (κ1) is 19.1. The quantitative estimate of drug-likeness (QED) is 0.726. The molecule has 1 fully saturated rings. The fourth-order valence-electron chi connectivity index (χ4n) is 3.56. The predicted octanol–water partition coefficient (Wildman–Crippen LogP) is 2.10. The average molecular weight is 368 g/mol. The topological polar surface area (TPSA) is 67.2 Å². The molecular formula is C21H28N4O2. The number of hydrogen-bond donors (Lipinski definition) is 1. The van der Waals surface area contributed by atoms with Gasteiger partial charge in [0, 0.05) is 38.3 Å². The monoisotopic (exact) mass is 368 g/mol. The summed E-state index contributed by atoms with van der Waals surface area (Å²) in [6.07, 6.45) is 1.97. The van der Waals surface area contributed by atoms with E-state index in [2.05, 4.69) is 22.5 Å². The summed E-state index contributed by atoms with van der Waals surface area (Å²) in [6, 6.07) is 12.2. The van der Waals surface area contributed by atoms with Crippen LogP contribution >= 0.6 is 0 Å². The van der Waals surface area contributed by atoms with Gasteiger partial charge in [0.15, 0.2) is 0 Å². The third-order valence-electron chi connectivity index (χ3n) is 5.05. The van der Waals surface area contributed by atoms with Crippen LogP contribution in [-0.2, 0) is 22.6 Å². The van der Waals surface area contributed by atoms with E-state index < -0.39 is 0 Å². The summed E-state index contributed by atoms with van der Waals surface area (Å²) in [6.45, 7) is 6.59. The molecule has 1 aliphatic heterocycles. The van der Waals surface area contributed by atoms with Crippen molar-refractivity contribution in [2.45, 2.75) is 39.7 Å². The lowest BCUT2D eigenvalue weighted by molar-refractivity contribution is -0.129. The summed E-state index contributed by atoms with van der Waals surface area (Å²) in [5.74, 6) is -0.172. The number of benzene rings is 1. The molecule has 1 aliphatic rings. The second kappa shape index (κ2) is 8.84. The summed E-state index contributed by atoms with van der Waals surface area (Å²) in [5, 5.41) is 7.40. The molecule has 1 saturated heterocycles. The van der Waals surface area contributed by atoms with E-state index >= 15 is 0 Å². The van der Waals surface area contributed by atoms with Crippen LogP contribution in [0.3, 0.4) is 0 Å². The maximum atomic E-state index is 12.4. The number of amides is 2. The van der Waals surface area contributed by atoms with Crippen LogP contribution in [0.15, 0.2) is 36.4 Å². The van der Waals surface area contributed by atoms with E-state index in [9.17, 15) is 9.59 Å². The highest BCUT2D eigenvalue weighted by Crippen LogP contribution is 2.18. The number of nitrogens with one attached hydrogen (secondary N) is 1. The highest BCUT2D eigenvalue weighted by atomic mass is 16.2. The van der Waals surface area contributed by atoms with E-state index in [0.29, 0.717) is 26.1 Å². The fraction of sp³-hybridized carbons (Fsp3) is 0.476. The van der Waals surface area contributed by atoms with Crippen molar-refractivity contribution >= 4 is 11.8 Å². The number of aromatic nitrogens is 2. The van der Waals surface area contributed by atoms with Crippen LogP contribution in [0.1, 0.15) is 29.8 Å². The zero-order valence-corrected chi connectivity index (χ0v) is 16.1. The largest absolute Gasteiger partial charge is 0.356 e. The Morgan fingerprint density at radius 1 is 1.22 bits per heavy atom. The van der Waals surface area contributed by atoms with Crippen LogP contribution in [0.5, 0.6) is 0 Å². The zero-order valence-electron chi connectivity index (χ0n) is 16.1. The summed E-state index contributed by atoms with van der Waals surface area (Å²) in [7, 11) is 0. The molecule has 0 spiro atoms. The number of aryl methyl sites for hydroxylation is 3. The minimum atomic E-state index is -0.234. The van der Waals surface area contributed by atoms with E-state index in [1.807, 2.05) is 47.7 Å². The Kier molecular flexibility index (Phi) is 6.27. The van der Waals surface area contributed by atoms with Crippen molar-refractivity contribution in [1.82, 2.24) is 20.0 Å². The molecular weight excluding hydrogens is 340 g/mol. The van der Waals surface area contributed by atoms with E-state index in [1.54, 1.807) is 0 Å². The van der Waals surface area contributed by atoms with Crippen molar-refractivity contribution in [3.8, 4) is 0 Å². The van der Waals surface area contributed by atoms with E-state index in [0.717, 1.165) is 30.8 Å². The van der Waals surface area contributed by atoms with Gasteiger partial charge < -0.3 is 10.2 Å². The van der Waals surface area contributed by atoms with E-state index in [-0.39, 0.29) is 17.7 Å². The second-order valence-corrected chi connectivity index (χ2v) is 7.27. The van der Waals surface area contributed by atoms with Crippen molar-refractivity contribution in [3.05, 3.63) is 53.3 Å². The molecule has 0 bridgehead atoms. The lowest BCUT2D eigenvalue weighted by atomic mass is 10.1. The number of hydrogen-bond acceptors (Lipinski definition) is 3. The SMILES string of the molecule is Cc1cc(C)n(CCCNC(=O)[C@H]2CC(=O)N(CCc3ccccc3)C2)n1. The average Bonchev–Trinajstić information content (AvgIpc) is 3.19. The molecule has 1 atom stereocenters. The van der Waals surface area contributed by atoms with Crippen molar-refractivity contribution in [1.29, 1.82) is 0 Å². The van der Waals surface area contributed by atoms with Gasteiger partial charge in [-0.05, 0) is 38.3 Å². The van der Waals surface area contributed by atoms with Crippen molar-refractivity contribution < 1.29 is 9.59 Å². The molecule has 1 aromatic carbocycles. The predicted molar refractivity (Wildman–Crippen MR) is 104 cm³/mol. The molecule has 0 aliphatic carbocycles. The van der Waals surface area contributed by atoms with Crippen molar-refractivity contribution in [2.24, 2.45) is 5.92 Å². The van der Waals surface area contributed by atoms with Gasteiger partial charge in [0.05, 0.1) is 11.6 Å². The fourth-order valence-corrected chi connectivity index (χ4v) is 3.56. The molecule has 27 heavy (non-hydrogen) atoms. The molecule has 3 rings (SSSR count). The summed E-state index contributed by atoms with van der Waals surface area (Å²) < 4.78 is 1.96. The summed E-state index contributed by atoms with van der Waals surface area (Å²) >= 11 is 0. The molecule has 2 aromatic rings. The third kappa shape index (κ3) is 5.18. The van der Waals surface area contributed by atoms with Gasteiger partial charge in [0.2, 0.25) is 11.8 Å². The lowest BCUT2D eigenvalue weighted by Gasteiger charge is -2.16. The van der Waals surface area contributed by atoms with Crippen LogP contribution in [0, 0.1) is 19.8 Å². The maximum Gasteiger partial charge on any atom is 0.225 e. The molecule has 0 radical (unpaired) electrons. The van der Waals surface area contributed by atoms with Crippen molar-refractivity contribution in [3.63, 3.8) is 0 Å². The number of likely N-dealkylation sites (tertiary alicyclic amines) is 1. The Balaban J connectivity index is 1.39. The first-order chi connectivity index (χ1) is 13.0. The van der Waals surface area contributed by atoms with Crippen LogP contribution in [0.2, 0.25) is 0 Å².